The molecule has 2 aromatic rings. The van der Waals surface area contributed by atoms with E-state index in [4.69, 9.17) is 4.74 Å². The largest absolute Gasteiger partial charge is 0.494 e. The van der Waals surface area contributed by atoms with E-state index < -0.39 is 10.8 Å². The Morgan fingerprint density at radius 3 is 2.57 bits per heavy atom. The van der Waals surface area contributed by atoms with Gasteiger partial charge < -0.3 is 10.1 Å². The number of rotatable bonds is 9. The molecule has 1 amide bonds. The summed E-state index contributed by atoms with van der Waals surface area (Å²) in [6, 6.07) is 14.6. The molecule has 7 nitrogen and oxygen atoms in total. The number of ether oxygens (including phenoxy) is 1. The van der Waals surface area contributed by atoms with Crippen LogP contribution in [0.15, 0.2) is 54.1 Å². The molecule has 0 saturated heterocycles. The fourth-order valence-corrected chi connectivity index (χ4v) is 2.45. The maximum atomic E-state index is 12.3. The van der Waals surface area contributed by atoms with Gasteiger partial charge in [0.05, 0.1) is 11.5 Å². The molecule has 2 rings (SSSR count). The molecule has 0 fully saturated rings. The van der Waals surface area contributed by atoms with Gasteiger partial charge in [-0.15, -0.1) is 0 Å². The Bertz CT molecular complexity index is 899. The number of nitrogens with zero attached hydrogens (tertiary/aromatic N) is 2. The lowest BCUT2D eigenvalue weighted by atomic mass is 10.1. The van der Waals surface area contributed by atoms with Crippen molar-refractivity contribution in [2.45, 2.75) is 26.2 Å². The fraction of sp³-hybridized carbons (Fsp3) is 0.238. The Balaban J connectivity index is 2.08. The number of nitriles is 1. The van der Waals surface area contributed by atoms with Crippen molar-refractivity contribution in [2.24, 2.45) is 0 Å². The van der Waals surface area contributed by atoms with E-state index in [9.17, 15) is 20.2 Å². The summed E-state index contributed by atoms with van der Waals surface area (Å²) in [5.41, 5.74) is 0.289. The molecule has 28 heavy (non-hydrogen) atoms. The fourth-order valence-electron chi connectivity index (χ4n) is 2.45. The SMILES string of the molecule is CCCCCOc1ccc(/C=C(/C#N)C(=O)Nc2ccccc2[N+](=O)[O-])cc1. The first-order valence-electron chi connectivity index (χ1n) is 8.94. The van der Waals surface area contributed by atoms with Crippen LogP contribution in [0.4, 0.5) is 11.4 Å². The Kier molecular flexibility index (Phi) is 7.73. The van der Waals surface area contributed by atoms with Gasteiger partial charge in [-0.2, -0.15) is 5.26 Å². The van der Waals surface area contributed by atoms with Crippen molar-refractivity contribution in [3.63, 3.8) is 0 Å². The number of nitro groups is 1. The molecule has 0 atom stereocenters. The third kappa shape index (κ3) is 5.95. The summed E-state index contributed by atoms with van der Waals surface area (Å²) in [4.78, 5) is 22.8. The maximum Gasteiger partial charge on any atom is 0.292 e. The topological polar surface area (TPSA) is 105 Å². The van der Waals surface area contributed by atoms with Gasteiger partial charge in [-0.25, -0.2) is 0 Å². The highest BCUT2D eigenvalue weighted by molar-refractivity contribution is 6.10. The Hall–Kier alpha value is -3.66. The zero-order valence-corrected chi connectivity index (χ0v) is 15.6. The van der Waals surface area contributed by atoms with E-state index in [0.717, 1.165) is 25.0 Å². The van der Waals surface area contributed by atoms with Gasteiger partial charge in [-0.3, -0.25) is 14.9 Å². The number of nitrogens with one attached hydrogen (secondary N) is 1. The van der Waals surface area contributed by atoms with E-state index in [0.29, 0.717) is 12.2 Å². The van der Waals surface area contributed by atoms with Crippen LogP contribution in [0, 0.1) is 21.4 Å². The van der Waals surface area contributed by atoms with Crippen LogP contribution in [0.2, 0.25) is 0 Å². The summed E-state index contributed by atoms with van der Waals surface area (Å²) in [7, 11) is 0. The molecule has 0 spiro atoms. The van der Waals surface area contributed by atoms with Gasteiger partial charge in [-0.1, -0.05) is 44.0 Å². The number of amides is 1. The van der Waals surface area contributed by atoms with Crippen molar-refractivity contribution in [1.29, 1.82) is 5.26 Å². The lowest BCUT2D eigenvalue weighted by Crippen LogP contribution is -2.14. The molecule has 0 bridgehead atoms. The molecule has 1 N–H and O–H groups in total. The average Bonchev–Trinajstić information content (AvgIpc) is 2.70. The Morgan fingerprint density at radius 2 is 1.93 bits per heavy atom. The second-order valence-electron chi connectivity index (χ2n) is 6.02. The number of nitro benzene ring substituents is 1. The van der Waals surface area contributed by atoms with Crippen molar-refractivity contribution in [3.8, 4) is 11.8 Å². The average molecular weight is 379 g/mol. The van der Waals surface area contributed by atoms with Crippen LogP contribution in [-0.2, 0) is 4.79 Å². The van der Waals surface area contributed by atoms with E-state index in [-0.39, 0.29) is 16.9 Å². The molecule has 0 heterocycles. The van der Waals surface area contributed by atoms with Crippen molar-refractivity contribution >= 4 is 23.4 Å². The highest BCUT2D eigenvalue weighted by atomic mass is 16.6. The van der Waals surface area contributed by atoms with Crippen LogP contribution in [0.25, 0.3) is 6.08 Å². The normalized spacial score (nSPS) is 10.8. The lowest BCUT2D eigenvalue weighted by Gasteiger charge is -2.06. The molecule has 144 valence electrons. The molecular weight excluding hydrogens is 358 g/mol. The van der Waals surface area contributed by atoms with Crippen LogP contribution in [-0.4, -0.2) is 17.4 Å². The number of unbranched alkanes of at least 4 members (excludes halogenated alkanes) is 2. The molecular formula is C21H21N3O4. The Labute approximate surface area is 163 Å². The van der Waals surface area contributed by atoms with Crippen molar-refractivity contribution in [2.75, 3.05) is 11.9 Å². The van der Waals surface area contributed by atoms with Crippen molar-refractivity contribution in [1.82, 2.24) is 0 Å². The molecule has 0 aliphatic carbocycles. The Morgan fingerprint density at radius 1 is 1.21 bits per heavy atom. The number of hydrogen-bond donors (Lipinski definition) is 1. The summed E-state index contributed by atoms with van der Waals surface area (Å²) in [5.74, 6) is 0.00724. The number of carbonyl (C=O) groups is 1. The van der Waals surface area contributed by atoms with E-state index in [1.54, 1.807) is 30.3 Å². The molecule has 0 aliphatic rings. The van der Waals surface area contributed by atoms with Gasteiger partial charge in [0, 0.05) is 6.07 Å². The highest BCUT2D eigenvalue weighted by Crippen LogP contribution is 2.24. The minimum Gasteiger partial charge on any atom is -0.494 e. The van der Waals surface area contributed by atoms with Gasteiger partial charge in [0.1, 0.15) is 23.1 Å². The molecule has 0 radical (unpaired) electrons. The zero-order valence-electron chi connectivity index (χ0n) is 15.6. The minimum atomic E-state index is -0.711. The number of anilines is 1. The molecule has 2 aromatic carbocycles. The first kappa shape index (κ1) is 20.6. The summed E-state index contributed by atoms with van der Waals surface area (Å²) in [6.07, 6.45) is 4.65. The standard InChI is InChI=1S/C21H21N3O4/c1-2-3-6-13-28-18-11-9-16(10-12-18)14-17(15-22)21(25)23-19-7-4-5-8-20(19)24(26)27/h4-5,7-12,14H,2-3,6,13H2,1H3,(H,23,25)/b17-14-. The van der Waals surface area contributed by atoms with Crippen LogP contribution in [0.3, 0.4) is 0 Å². The van der Waals surface area contributed by atoms with Crippen LogP contribution in [0.1, 0.15) is 31.7 Å². The van der Waals surface area contributed by atoms with Crippen molar-refractivity contribution < 1.29 is 14.5 Å². The number of hydrogen-bond acceptors (Lipinski definition) is 5. The smallest absolute Gasteiger partial charge is 0.292 e. The summed E-state index contributed by atoms with van der Waals surface area (Å²) in [6.45, 7) is 2.77. The van der Waals surface area contributed by atoms with Gasteiger partial charge in [-0.05, 0) is 36.3 Å². The van der Waals surface area contributed by atoms with Crippen LogP contribution >= 0.6 is 0 Å². The third-order valence-electron chi connectivity index (χ3n) is 3.92. The van der Waals surface area contributed by atoms with Gasteiger partial charge in [0.2, 0.25) is 0 Å². The predicted molar refractivity (Wildman–Crippen MR) is 107 cm³/mol. The summed E-state index contributed by atoms with van der Waals surface area (Å²) < 4.78 is 5.63. The molecule has 0 saturated carbocycles. The predicted octanol–water partition coefficient (Wildman–Crippen LogP) is 4.71. The number of benzene rings is 2. The molecule has 0 unspecified atom stereocenters. The first-order valence-corrected chi connectivity index (χ1v) is 8.94. The van der Waals surface area contributed by atoms with E-state index in [1.165, 1.54) is 24.3 Å². The van der Waals surface area contributed by atoms with Crippen molar-refractivity contribution in [3.05, 3.63) is 69.8 Å². The van der Waals surface area contributed by atoms with Gasteiger partial charge >= 0.3 is 0 Å². The van der Waals surface area contributed by atoms with E-state index in [2.05, 4.69) is 12.2 Å². The highest BCUT2D eigenvalue weighted by Gasteiger charge is 2.17. The van der Waals surface area contributed by atoms with E-state index >= 15 is 0 Å². The monoisotopic (exact) mass is 379 g/mol. The number of carbonyl (C=O) groups excluding carboxylic acids is 1. The first-order chi connectivity index (χ1) is 13.5. The quantitative estimate of drug-likeness (QED) is 0.223. The second kappa shape index (κ2) is 10.5. The zero-order chi connectivity index (χ0) is 20.4. The summed E-state index contributed by atoms with van der Waals surface area (Å²) in [5, 5.41) is 22.8. The van der Waals surface area contributed by atoms with Gasteiger partial charge in [0.25, 0.3) is 11.6 Å². The minimum absolute atomic E-state index is 0.0366. The van der Waals surface area contributed by atoms with Crippen LogP contribution < -0.4 is 10.1 Å². The molecule has 0 aliphatic heterocycles. The van der Waals surface area contributed by atoms with Crippen LogP contribution in [0.5, 0.6) is 5.75 Å². The lowest BCUT2D eigenvalue weighted by molar-refractivity contribution is -0.383. The molecule has 0 aromatic heterocycles. The van der Waals surface area contributed by atoms with Gasteiger partial charge in [0.15, 0.2) is 0 Å². The third-order valence-corrected chi connectivity index (χ3v) is 3.92. The second-order valence-corrected chi connectivity index (χ2v) is 6.02. The maximum absolute atomic E-state index is 12.3. The summed E-state index contributed by atoms with van der Waals surface area (Å²) >= 11 is 0. The molecule has 7 heteroatoms. The number of para-hydroxylation sites is 2. The van der Waals surface area contributed by atoms with E-state index in [1.807, 2.05) is 6.07 Å².